The Morgan fingerprint density at radius 1 is 0.938 bits per heavy atom. The van der Waals surface area contributed by atoms with E-state index in [1.54, 1.807) is 0 Å². The van der Waals surface area contributed by atoms with Crippen LogP contribution in [-0.4, -0.2) is 0 Å². The van der Waals surface area contributed by atoms with E-state index in [1.807, 2.05) is 0 Å². The van der Waals surface area contributed by atoms with Crippen molar-refractivity contribution in [3.05, 3.63) is 47.5 Å². The highest BCUT2D eigenvalue weighted by Gasteiger charge is 1.95. The molecule has 2 aromatic carbocycles. The zero-order valence-corrected chi connectivity index (χ0v) is 10.0. The van der Waals surface area contributed by atoms with E-state index in [-0.39, 0.29) is 0 Å². The summed E-state index contributed by atoms with van der Waals surface area (Å²) in [6.07, 6.45) is 0. The molecule has 0 heterocycles. The first-order valence-corrected chi connectivity index (χ1v) is 5.67. The van der Waals surface area contributed by atoms with Crippen LogP contribution < -0.4 is 0 Å². The van der Waals surface area contributed by atoms with Crippen LogP contribution in [0.2, 0.25) is 0 Å². The average molecular weight is 208 g/mol. The Morgan fingerprint density at radius 3 is 2.38 bits per heavy atom. The van der Waals surface area contributed by atoms with Crippen LogP contribution >= 0.6 is 0 Å². The molecule has 2 rings (SSSR count). The van der Waals surface area contributed by atoms with Crippen molar-refractivity contribution in [2.45, 2.75) is 20.8 Å². The van der Waals surface area contributed by atoms with E-state index in [4.69, 9.17) is 0 Å². The summed E-state index contributed by atoms with van der Waals surface area (Å²) < 4.78 is 0. The Kier molecular flexibility index (Phi) is 2.97. The quantitative estimate of drug-likeness (QED) is 0.570. The molecule has 0 aliphatic heterocycles. The number of aryl methyl sites for hydroxylation is 1. The molecule has 16 heavy (non-hydrogen) atoms. The number of benzene rings is 2. The van der Waals surface area contributed by atoms with Crippen molar-refractivity contribution in [1.29, 1.82) is 0 Å². The van der Waals surface area contributed by atoms with Crippen LogP contribution in [-0.2, 0) is 0 Å². The van der Waals surface area contributed by atoms with E-state index < -0.39 is 0 Å². The zero-order chi connectivity index (χ0) is 11.5. The summed E-state index contributed by atoms with van der Waals surface area (Å²) in [5.41, 5.74) is 2.40. The first-order valence-electron chi connectivity index (χ1n) is 5.67. The van der Waals surface area contributed by atoms with Crippen LogP contribution in [0.4, 0.5) is 0 Å². The van der Waals surface area contributed by atoms with Gasteiger partial charge < -0.3 is 0 Å². The summed E-state index contributed by atoms with van der Waals surface area (Å²) in [4.78, 5) is 0. The summed E-state index contributed by atoms with van der Waals surface area (Å²) in [5, 5.41) is 2.55. The standard InChI is InChI=1S/C16H16/c1-12(2)4-6-14-7-9-15-10-13(3)5-8-16(15)11-14/h5,7-12H,1-3H3. The van der Waals surface area contributed by atoms with Gasteiger partial charge >= 0.3 is 0 Å². The van der Waals surface area contributed by atoms with Crippen LogP contribution in [0.15, 0.2) is 36.4 Å². The average Bonchev–Trinajstić information content (AvgIpc) is 2.26. The van der Waals surface area contributed by atoms with Gasteiger partial charge in [-0.2, -0.15) is 0 Å². The van der Waals surface area contributed by atoms with Crippen LogP contribution in [0.3, 0.4) is 0 Å². The highest BCUT2D eigenvalue weighted by Crippen LogP contribution is 2.17. The van der Waals surface area contributed by atoms with E-state index in [0.29, 0.717) is 5.92 Å². The van der Waals surface area contributed by atoms with Crippen LogP contribution in [0.5, 0.6) is 0 Å². The predicted octanol–water partition coefficient (Wildman–Crippen LogP) is 4.16. The SMILES string of the molecule is Cc1ccc2cc(C#CC(C)C)ccc2c1. The molecule has 0 N–H and O–H groups in total. The number of hydrogen-bond donors (Lipinski definition) is 0. The summed E-state index contributed by atoms with van der Waals surface area (Å²) in [7, 11) is 0. The highest BCUT2D eigenvalue weighted by atomic mass is 14.0. The molecule has 0 unspecified atom stereocenters. The normalized spacial score (nSPS) is 10.2. The summed E-state index contributed by atoms with van der Waals surface area (Å²) in [5.74, 6) is 6.81. The molecular weight excluding hydrogens is 192 g/mol. The van der Waals surface area contributed by atoms with Gasteiger partial charge in [-0.15, -0.1) is 0 Å². The monoisotopic (exact) mass is 208 g/mol. The van der Waals surface area contributed by atoms with Gasteiger partial charge in [0.2, 0.25) is 0 Å². The van der Waals surface area contributed by atoms with Crippen LogP contribution in [0, 0.1) is 24.7 Å². The van der Waals surface area contributed by atoms with E-state index in [1.165, 1.54) is 16.3 Å². The second kappa shape index (κ2) is 4.41. The number of hydrogen-bond acceptors (Lipinski definition) is 0. The molecule has 0 radical (unpaired) electrons. The largest absolute Gasteiger partial charge is 0.0951 e. The van der Waals surface area contributed by atoms with Gasteiger partial charge in [0.05, 0.1) is 0 Å². The first-order chi connectivity index (χ1) is 7.65. The summed E-state index contributed by atoms with van der Waals surface area (Å²) in [6.45, 7) is 6.33. The fourth-order valence-corrected chi connectivity index (χ4v) is 1.67. The second-order valence-electron chi connectivity index (χ2n) is 4.49. The molecule has 0 nitrogen and oxygen atoms in total. The maximum absolute atomic E-state index is 3.20. The third-order valence-corrected chi connectivity index (χ3v) is 2.50. The van der Waals surface area contributed by atoms with Gasteiger partial charge in [0.25, 0.3) is 0 Å². The Balaban J connectivity index is 2.46. The minimum Gasteiger partial charge on any atom is -0.0951 e. The van der Waals surface area contributed by atoms with E-state index in [2.05, 4.69) is 69.0 Å². The van der Waals surface area contributed by atoms with E-state index >= 15 is 0 Å². The number of fused-ring (bicyclic) bond motifs is 1. The van der Waals surface area contributed by atoms with Gasteiger partial charge in [-0.1, -0.05) is 55.5 Å². The first kappa shape index (κ1) is 10.8. The van der Waals surface area contributed by atoms with Gasteiger partial charge in [0, 0.05) is 11.5 Å². The molecule has 0 amide bonds. The molecule has 0 spiro atoms. The Bertz CT molecular complexity index is 565. The molecule has 0 saturated carbocycles. The number of rotatable bonds is 0. The molecule has 0 aliphatic rings. The molecule has 0 aliphatic carbocycles. The fourth-order valence-electron chi connectivity index (χ4n) is 1.67. The van der Waals surface area contributed by atoms with Gasteiger partial charge in [-0.05, 0) is 29.8 Å². The minimum atomic E-state index is 0.425. The molecule has 0 aromatic heterocycles. The van der Waals surface area contributed by atoms with Gasteiger partial charge in [0.1, 0.15) is 0 Å². The summed E-state index contributed by atoms with van der Waals surface area (Å²) >= 11 is 0. The molecule has 2 aromatic rings. The highest BCUT2D eigenvalue weighted by molar-refractivity contribution is 5.84. The van der Waals surface area contributed by atoms with E-state index in [0.717, 1.165) is 5.56 Å². The molecule has 0 bridgehead atoms. The van der Waals surface area contributed by atoms with Crippen molar-refractivity contribution in [3.63, 3.8) is 0 Å². The fraction of sp³-hybridized carbons (Fsp3) is 0.250. The predicted molar refractivity (Wildman–Crippen MR) is 70.4 cm³/mol. The Morgan fingerprint density at radius 2 is 1.62 bits per heavy atom. The van der Waals surface area contributed by atoms with Crippen molar-refractivity contribution < 1.29 is 0 Å². The lowest BCUT2D eigenvalue weighted by Crippen LogP contribution is -1.81. The van der Waals surface area contributed by atoms with Gasteiger partial charge in [-0.3, -0.25) is 0 Å². The minimum absolute atomic E-state index is 0.425. The van der Waals surface area contributed by atoms with Crippen molar-refractivity contribution >= 4 is 10.8 Å². The van der Waals surface area contributed by atoms with Crippen molar-refractivity contribution in [2.24, 2.45) is 5.92 Å². The molecule has 0 fully saturated rings. The molecule has 0 heteroatoms. The Labute approximate surface area is 97.3 Å². The lowest BCUT2D eigenvalue weighted by Gasteiger charge is -2.00. The van der Waals surface area contributed by atoms with E-state index in [9.17, 15) is 0 Å². The third kappa shape index (κ3) is 2.44. The lowest BCUT2D eigenvalue weighted by molar-refractivity contribution is 0.866. The van der Waals surface area contributed by atoms with Crippen molar-refractivity contribution in [2.75, 3.05) is 0 Å². The van der Waals surface area contributed by atoms with Crippen LogP contribution in [0.25, 0.3) is 10.8 Å². The zero-order valence-electron chi connectivity index (χ0n) is 10.0. The molecular formula is C16H16. The van der Waals surface area contributed by atoms with Gasteiger partial charge in [-0.25, -0.2) is 0 Å². The van der Waals surface area contributed by atoms with Crippen molar-refractivity contribution in [3.8, 4) is 11.8 Å². The molecule has 0 saturated heterocycles. The topological polar surface area (TPSA) is 0 Å². The molecule has 80 valence electrons. The lowest BCUT2D eigenvalue weighted by atomic mass is 10.0. The van der Waals surface area contributed by atoms with Gasteiger partial charge in [0.15, 0.2) is 0 Å². The Hall–Kier alpha value is -1.74. The second-order valence-corrected chi connectivity index (χ2v) is 4.49. The molecule has 0 atom stereocenters. The third-order valence-electron chi connectivity index (χ3n) is 2.50. The maximum Gasteiger partial charge on any atom is 0.0251 e. The smallest absolute Gasteiger partial charge is 0.0251 e. The maximum atomic E-state index is 3.20. The van der Waals surface area contributed by atoms with Crippen molar-refractivity contribution in [1.82, 2.24) is 0 Å². The summed E-state index contributed by atoms with van der Waals surface area (Å²) in [6, 6.07) is 12.9. The van der Waals surface area contributed by atoms with Crippen LogP contribution in [0.1, 0.15) is 25.0 Å².